The van der Waals surface area contributed by atoms with Crippen molar-refractivity contribution in [2.45, 2.75) is 101 Å². The van der Waals surface area contributed by atoms with Gasteiger partial charge in [-0.1, -0.05) is 32.4 Å². The molecule has 1 saturated heterocycles. The van der Waals surface area contributed by atoms with Gasteiger partial charge in [0.2, 0.25) is 27.7 Å². The monoisotopic (exact) mass is 694 g/mol. The number of benzene rings is 1. The third-order valence-corrected chi connectivity index (χ3v) is 13.3. The van der Waals surface area contributed by atoms with Crippen LogP contribution in [0.1, 0.15) is 78.6 Å². The highest BCUT2D eigenvalue weighted by atomic mass is 32.2. The first-order valence-electron chi connectivity index (χ1n) is 17.6. The smallest absolute Gasteiger partial charge is 0.259 e. The van der Waals surface area contributed by atoms with Crippen LogP contribution in [-0.2, 0) is 24.4 Å². The second kappa shape index (κ2) is 12.8. The van der Waals surface area contributed by atoms with Crippen molar-refractivity contribution in [3.63, 3.8) is 0 Å². The van der Waals surface area contributed by atoms with Crippen LogP contribution in [0.3, 0.4) is 0 Å². The number of nitrogens with zero attached hydrogens (tertiary/aromatic N) is 2. The molecule has 0 spiro atoms. The number of pyridine rings is 1. The SMILES string of the molecule is CC[C@H]1CC(=O)N2C[C@H](Oc3nccc4c5c(ccc34)OCCO5)C[C@H]2C(=O)N[C@]2(C(=O)NS(=O)(=O)C3(C)CC3)C[C@H]2/C=C\CC[C@@H](C)C1. The van der Waals surface area contributed by atoms with E-state index in [4.69, 9.17) is 14.2 Å². The first kappa shape index (κ1) is 33.6. The van der Waals surface area contributed by atoms with Crippen LogP contribution in [0.15, 0.2) is 36.5 Å². The molecule has 5 aliphatic rings. The normalized spacial score (nSPS) is 31.7. The fourth-order valence-electron chi connectivity index (χ4n) is 7.55. The molecule has 12 nitrogen and oxygen atoms in total. The van der Waals surface area contributed by atoms with Crippen molar-refractivity contribution in [1.82, 2.24) is 19.9 Å². The van der Waals surface area contributed by atoms with E-state index in [1.165, 1.54) is 0 Å². The number of amides is 3. The molecular weight excluding hydrogens is 648 g/mol. The summed E-state index contributed by atoms with van der Waals surface area (Å²) in [5.41, 5.74) is -1.42. The highest BCUT2D eigenvalue weighted by Crippen LogP contribution is 2.48. The van der Waals surface area contributed by atoms with Crippen molar-refractivity contribution in [3.05, 3.63) is 36.5 Å². The van der Waals surface area contributed by atoms with Gasteiger partial charge in [-0.25, -0.2) is 13.4 Å². The molecule has 4 heterocycles. The van der Waals surface area contributed by atoms with Crippen molar-refractivity contribution in [1.29, 1.82) is 0 Å². The fourth-order valence-corrected chi connectivity index (χ4v) is 8.86. The molecule has 0 unspecified atom stereocenters. The van der Waals surface area contributed by atoms with Gasteiger partial charge in [0.15, 0.2) is 11.5 Å². The third kappa shape index (κ3) is 6.46. The van der Waals surface area contributed by atoms with E-state index in [1.54, 1.807) is 18.0 Å². The largest absolute Gasteiger partial charge is 0.486 e. The maximum absolute atomic E-state index is 14.2. The standard InChI is InChI=1S/C36H46N4O8S/c1-4-23-17-22(2)7-5-6-8-24-20-36(24,34(43)39-49(44,45)35(3)12-13-35)38-32(42)28-19-25(21-40(28)30(41)18-23)48-33-27-9-10-29-31(47-16-15-46-29)26(27)11-14-37-33/h6,8-11,14,22-25,28H,4-5,7,12-13,15-21H2,1-3H3,(H,38,42)(H,39,43)/b8-6-/t22-,23-,24-,25-,28+,36-/m1/s1. The van der Waals surface area contributed by atoms with Crippen LogP contribution >= 0.6 is 0 Å². The van der Waals surface area contributed by atoms with Gasteiger partial charge in [-0.2, -0.15) is 0 Å². The molecule has 2 N–H and O–H groups in total. The van der Waals surface area contributed by atoms with Crippen LogP contribution in [0.5, 0.6) is 17.4 Å². The molecule has 3 amide bonds. The third-order valence-electron chi connectivity index (χ3n) is 11.1. The summed E-state index contributed by atoms with van der Waals surface area (Å²) in [6, 6.07) is 4.61. The van der Waals surface area contributed by atoms with Crippen molar-refractivity contribution in [2.75, 3.05) is 19.8 Å². The van der Waals surface area contributed by atoms with Crippen molar-refractivity contribution in [3.8, 4) is 17.4 Å². The first-order chi connectivity index (χ1) is 23.4. The lowest BCUT2D eigenvalue weighted by atomic mass is 9.88. The second-order valence-electron chi connectivity index (χ2n) is 14.8. The van der Waals surface area contributed by atoms with Gasteiger partial charge in [-0.05, 0) is 75.5 Å². The number of aromatic nitrogens is 1. The molecule has 13 heteroatoms. The first-order valence-corrected chi connectivity index (χ1v) is 19.1. The molecule has 3 aliphatic heterocycles. The Bertz CT molecular complexity index is 1790. The van der Waals surface area contributed by atoms with E-state index < -0.39 is 44.3 Å². The quantitative estimate of drug-likeness (QED) is 0.427. The van der Waals surface area contributed by atoms with Gasteiger partial charge < -0.3 is 24.4 Å². The summed E-state index contributed by atoms with van der Waals surface area (Å²) in [7, 11) is -3.92. The number of hydrogen-bond donors (Lipinski definition) is 2. The predicted molar refractivity (Wildman–Crippen MR) is 182 cm³/mol. The van der Waals surface area contributed by atoms with Gasteiger partial charge in [-0.3, -0.25) is 19.1 Å². The van der Waals surface area contributed by atoms with E-state index in [0.29, 0.717) is 55.8 Å². The lowest BCUT2D eigenvalue weighted by Crippen LogP contribution is -2.57. The van der Waals surface area contributed by atoms with Crippen LogP contribution in [0, 0.1) is 17.8 Å². The van der Waals surface area contributed by atoms with E-state index in [-0.39, 0.29) is 37.1 Å². The van der Waals surface area contributed by atoms with Crippen molar-refractivity contribution < 1.29 is 37.0 Å². The number of sulfonamides is 1. The van der Waals surface area contributed by atoms with Gasteiger partial charge in [0.1, 0.15) is 30.9 Å². The molecule has 2 aliphatic carbocycles. The number of allylic oxidation sites excluding steroid dienone is 1. The van der Waals surface area contributed by atoms with E-state index in [0.717, 1.165) is 36.5 Å². The molecule has 264 valence electrons. The van der Waals surface area contributed by atoms with E-state index in [1.807, 2.05) is 30.4 Å². The molecular formula is C36H46N4O8S. The predicted octanol–water partition coefficient (Wildman–Crippen LogP) is 4.02. The maximum atomic E-state index is 14.2. The number of carbonyl (C=O) groups is 3. The summed E-state index contributed by atoms with van der Waals surface area (Å²) in [5, 5.41) is 4.46. The Labute approximate surface area is 287 Å². The number of hydrogen-bond acceptors (Lipinski definition) is 9. The number of carbonyl (C=O) groups excluding carboxylic acids is 3. The molecule has 7 rings (SSSR count). The summed E-state index contributed by atoms with van der Waals surface area (Å²) in [4.78, 5) is 48.1. The Balaban J connectivity index is 1.17. The molecule has 6 atom stereocenters. The van der Waals surface area contributed by atoms with Crippen molar-refractivity contribution >= 4 is 38.5 Å². The number of nitrogens with one attached hydrogen (secondary N) is 2. The van der Waals surface area contributed by atoms with E-state index >= 15 is 0 Å². The highest BCUT2D eigenvalue weighted by Gasteiger charge is 2.63. The van der Waals surface area contributed by atoms with Gasteiger partial charge in [0, 0.05) is 35.7 Å². The zero-order valence-electron chi connectivity index (χ0n) is 28.4. The van der Waals surface area contributed by atoms with Gasteiger partial charge in [0.25, 0.3) is 5.91 Å². The molecule has 1 aromatic carbocycles. The zero-order valence-corrected chi connectivity index (χ0v) is 29.2. The molecule has 1 aromatic heterocycles. The van der Waals surface area contributed by atoms with Gasteiger partial charge >= 0.3 is 0 Å². The maximum Gasteiger partial charge on any atom is 0.259 e. The summed E-state index contributed by atoms with van der Waals surface area (Å²) in [5.74, 6) is 0.440. The average Bonchev–Trinajstić information content (AvgIpc) is 3.96. The van der Waals surface area contributed by atoms with E-state index in [2.05, 4.69) is 28.9 Å². The summed E-state index contributed by atoms with van der Waals surface area (Å²) in [6.07, 6.45) is 10.2. The molecule has 0 radical (unpaired) electrons. The Morgan fingerprint density at radius 3 is 2.71 bits per heavy atom. The minimum absolute atomic E-state index is 0.140. The lowest BCUT2D eigenvalue weighted by Gasteiger charge is -2.28. The summed E-state index contributed by atoms with van der Waals surface area (Å²) < 4.78 is 45.5. The number of fused-ring (bicyclic) bond motifs is 5. The second-order valence-corrected chi connectivity index (χ2v) is 17.0. The topological polar surface area (TPSA) is 153 Å². The van der Waals surface area contributed by atoms with Crippen LogP contribution in [0.4, 0.5) is 0 Å². The van der Waals surface area contributed by atoms with Crippen LogP contribution < -0.4 is 24.2 Å². The summed E-state index contributed by atoms with van der Waals surface area (Å²) >= 11 is 0. The Morgan fingerprint density at radius 1 is 1.14 bits per heavy atom. The molecule has 2 aromatic rings. The molecule has 0 bridgehead atoms. The van der Waals surface area contributed by atoms with Crippen molar-refractivity contribution in [2.24, 2.45) is 17.8 Å². The Morgan fingerprint density at radius 2 is 1.94 bits per heavy atom. The number of rotatable bonds is 6. The van der Waals surface area contributed by atoms with E-state index in [9.17, 15) is 22.8 Å². The zero-order chi connectivity index (χ0) is 34.6. The lowest BCUT2D eigenvalue weighted by molar-refractivity contribution is -0.140. The Kier molecular flexibility index (Phi) is 8.77. The van der Waals surface area contributed by atoms with Gasteiger partial charge in [0.05, 0.1) is 11.3 Å². The average molecular weight is 695 g/mol. The fraction of sp³-hybridized carbons (Fsp3) is 0.611. The highest BCUT2D eigenvalue weighted by molar-refractivity contribution is 7.91. The molecule has 49 heavy (non-hydrogen) atoms. The Hall–Kier alpha value is -3.87. The molecule has 2 saturated carbocycles. The minimum Gasteiger partial charge on any atom is -0.486 e. The van der Waals surface area contributed by atoms with Crippen LogP contribution in [-0.4, -0.2) is 78.2 Å². The van der Waals surface area contributed by atoms with Gasteiger partial charge in [-0.15, -0.1) is 0 Å². The molecule has 3 fully saturated rings. The van der Waals surface area contributed by atoms with Crippen LogP contribution in [0.25, 0.3) is 10.8 Å². The number of ether oxygens (including phenoxy) is 3. The minimum atomic E-state index is -3.92. The summed E-state index contributed by atoms with van der Waals surface area (Å²) in [6.45, 7) is 6.96. The van der Waals surface area contributed by atoms with Crippen LogP contribution in [0.2, 0.25) is 0 Å².